The first kappa shape index (κ1) is 12.3. The van der Waals surface area contributed by atoms with Gasteiger partial charge in [-0.05, 0) is 6.07 Å². The van der Waals surface area contributed by atoms with E-state index in [1.54, 1.807) is 19.1 Å². The van der Waals surface area contributed by atoms with Crippen LogP contribution in [0.15, 0.2) is 12.1 Å². The van der Waals surface area contributed by atoms with Crippen LogP contribution in [0.25, 0.3) is 0 Å². The molecule has 1 unspecified atom stereocenters. The molecule has 1 fully saturated rings. The van der Waals surface area contributed by atoms with Crippen molar-refractivity contribution < 1.29 is 9.59 Å². The molecule has 90 valence electrons. The predicted molar refractivity (Wildman–Crippen MR) is 63.6 cm³/mol. The van der Waals surface area contributed by atoms with Crippen molar-refractivity contribution in [2.75, 3.05) is 0 Å². The number of amides is 2. The summed E-state index contributed by atoms with van der Waals surface area (Å²) >= 11 is 11.6. The molecule has 1 atom stereocenters. The van der Waals surface area contributed by atoms with Crippen LogP contribution >= 0.6 is 23.2 Å². The molecule has 1 aliphatic heterocycles. The fourth-order valence-electron chi connectivity index (χ4n) is 1.74. The summed E-state index contributed by atoms with van der Waals surface area (Å²) in [6, 6.07) is 3.25. The average molecular weight is 273 g/mol. The minimum absolute atomic E-state index is 0.158. The highest BCUT2D eigenvalue weighted by Crippen LogP contribution is 2.24. The van der Waals surface area contributed by atoms with Gasteiger partial charge in [-0.2, -0.15) is 0 Å². The Morgan fingerprint density at radius 2 is 2.12 bits per heavy atom. The van der Waals surface area contributed by atoms with E-state index in [-0.39, 0.29) is 41.0 Å². The lowest BCUT2D eigenvalue weighted by Crippen LogP contribution is -2.29. The molecule has 0 spiro atoms. The summed E-state index contributed by atoms with van der Waals surface area (Å²) in [7, 11) is 0. The molecule has 1 aliphatic rings. The summed E-state index contributed by atoms with van der Waals surface area (Å²) < 4.78 is 0. The van der Waals surface area contributed by atoms with Crippen LogP contribution in [0.4, 0.5) is 0 Å². The second kappa shape index (κ2) is 4.63. The molecular weight excluding hydrogens is 263 g/mol. The van der Waals surface area contributed by atoms with Crippen LogP contribution in [0.2, 0.25) is 10.3 Å². The highest BCUT2D eigenvalue weighted by Gasteiger charge is 2.35. The van der Waals surface area contributed by atoms with Gasteiger partial charge in [-0.3, -0.25) is 14.5 Å². The SMILES string of the molecule is CC1CC(=O)N(Cc2ccc(Cl)nc2Cl)C1=O. The maximum Gasteiger partial charge on any atom is 0.232 e. The maximum absolute atomic E-state index is 11.7. The third kappa shape index (κ3) is 2.42. The molecule has 1 saturated heterocycles. The first-order valence-corrected chi connectivity index (χ1v) is 5.89. The average Bonchev–Trinajstić information content (AvgIpc) is 2.48. The van der Waals surface area contributed by atoms with Crippen molar-refractivity contribution >= 4 is 35.0 Å². The Hall–Kier alpha value is -1.13. The lowest BCUT2D eigenvalue weighted by Gasteiger charge is -2.14. The lowest BCUT2D eigenvalue weighted by molar-refractivity contribution is -0.139. The Kier molecular flexibility index (Phi) is 3.35. The summed E-state index contributed by atoms with van der Waals surface area (Å²) in [5.41, 5.74) is 0.617. The number of aromatic nitrogens is 1. The number of nitrogens with zero attached hydrogens (tertiary/aromatic N) is 2. The zero-order chi connectivity index (χ0) is 12.6. The molecule has 0 bridgehead atoms. The van der Waals surface area contributed by atoms with Crippen molar-refractivity contribution in [3.63, 3.8) is 0 Å². The van der Waals surface area contributed by atoms with Gasteiger partial charge in [0.2, 0.25) is 11.8 Å². The first-order chi connectivity index (χ1) is 7.99. The third-order valence-electron chi connectivity index (χ3n) is 2.69. The van der Waals surface area contributed by atoms with Crippen LogP contribution in [-0.4, -0.2) is 21.7 Å². The quantitative estimate of drug-likeness (QED) is 0.613. The smallest absolute Gasteiger partial charge is 0.232 e. The molecule has 2 amide bonds. The summed E-state index contributed by atoms with van der Waals surface area (Å²) in [6.45, 7) is 1.90. The predicted octanol–water partition coefficient (Wildman–Crippen LogP) is 2.28. The van der Waals surface area contributed by atoms with Gasteiger partial charge >= 0.3 is 0 Å². The van der Waals surface area contributed by atoms with E-state index in [9.17, 15) is 9.59 Å². The topological polar surface area (TPSA) is 50.3 Å². The number of carbonyl (C=O) groups is 2. The van der Waals surface area contributed by atoms with Crippen molar-refractivity contribution in [2.45, 2.75) is 19.9 Å². The molecule has 0 N–H and O–H groups in total. The number of rotatable bonds is 2. The molecule has 2 heterocycles. The Labute approximate surface area is 109 Å². The Bertz CT molecular complexity index is 490. The molecule has 0 aliphatic carbocycles. The number of hydrogen-bond donors (Lipinski definition) is 0. The zero-order valence-corrected chi connectivity index (χ0v) is 10.6. The zero-order valence-electron chi connectivity index (χ0n) is 9.11. The third-order valence-corrected chi connectivity index (χ3v) is 3.23. The molecular formula is C11H10Cl2N2O2. The summed E-state index contributed by atoms with van der Waals surface area (Å²) in [5.74, 6) is -0.587. The molecule has 4 nitrogen and oxygen atoms in total. The van der Waals surface area contributed by atoms with Gasteiger partial charge in [0.25, 0.3) is 0 Å². The van der Waals surface area contributed by atoms with E-state index in [0.717, 1.165) is 0 Å². The summed E-state index contributed by atoms with van der Waals surface area (Å²) in [4.78, 5) is 28.4. The van der Waals surface area contributed by atoms with Crippen LogP contribution in [0.1, 0.15) is 18.9 Å². The van der Waals surface area contributed by atoms with Gasteiger partial charge in [0.15, 0.2) is 0 Å². The highest BCUT2D eigenvalue weighted by atomic mass is 35.5. The van der Waals surface area contributed by atoms with E-state index < -0.39 is 0 Å². The van der Waals surface area contributed by atoms with Gasteiger partial charge in [-0.15, -0.1) is 0 Å². The number of halogens is 2. The van der Waals surface area contributed by atoms with Crippen molar-refractivity contribution in [1.82, 2.24) is 9.88 Å². The van der Waals surface area contributed by atoms with Gasteiger partial charge in [0.1, 0.15) is 10.3 Å². The number of hydrogen-bond acceptors (Lipinski definition) is 3. The van der Waals surface area contributed by atoms with E-state index in [1.807, 2.05) is 0 Å². The van der Waals surface area contributed by atoms with Crippen LogP contribution < -0.4 is 0 Å². The molecule has 17 heavy (non-hydrogen) atoms. The molecule has 0 radical (unpaired) electrons. The first-order valence-electron chi connectivity index (χ1n) is 5.14. The maximum atomic E-state index is 11.7. The van der Waals surface area contributed by atoms with Gasteiger partial charge in [0.05, 0.1) is 6.54 Å². The Balaban J connectivity index is 2.21. The van der Waals surface area contributed by atoms with E-state index in [4.69, 9.17) is 23.2 Å². The minimum atomic E-state index is -0.249. The molecule has 1 aromatic heterocycles. The fraction of sp³-hybridized carbons (Fsp3) is 0.364. The second-order valence-corrected chi connectivity index (χ2v) is 4.75. The lowest BCUT2D eigenvalue weighted by atomic mass is 10.1. The van der Waals surface area contributed by atoms with Crippen LogP contribution in [-0.2, 0) is 16.1 Å². The van der Waals surface area contributed by atoms with Crippen molar-refractivity contribution in [1.29, 1.82) is 0 Å². The monoisotopic (exact) mass is 272 g/mol. The minimum Gasteiger partial charge on any atom is -0.278 e. The molecule has 1 aromatic rings. The Morgan fingerprint density at radius 1 is 1.41 bits per heavy atom. The second-order valence-electron chi connectivity index (χ2n) is 4.01. The van der Waals surface area contributed by atoms with Crippen molar-refractivity contribution in [3.05, 3.63) is 28.0 Å². The largest absolute Gasteiger partial charge is 0.278 e. The molecule has 0 saturated carbocycles. The molecule has 6 heteroatoms. The van der Waals surface area contributed by atoms with E-state index in [1.165, 1.54) is 4.90 Å². The van der Waals surface area contributed by atoms with E-state index in [2.05, 4.69) is 4.98 Å². The van der Waals surface area contributed by atoms with Crippen molar-refractivity contribution in [3.8, 4) is 0 Å². The van der Waals surface area contributed by atoms with Gasteiger partial charge in [-0.1, -0.05) is 36.2 Å². The van der Waals surface area contributed by atoms with Crippen molar-refractivity contribution in [2.24, 2.45) is 5.92 Å². The number of likely N-dealkylation sites (tertiary alicyclic amines) is 1. The highest BCUT2D eigenvalue weighted by molar-refractivity contribution is 6.32. The summed E-state index contributed by atoms with van der Waals surface area (Å²) in [5, 5.41) is 0.504. The van der Waals surface area contributed by atoms with Gasteiger partial charge < -0.3 is 0 Å². The summed E-state index contributed by atoms with van der Waals surface area (Å²) in [6.07, 6.45) is 0.261. The normalized spacial score (nSPS) is 20.2. The number of carbonyl (C=O) groups excluding carboxylic acids is 2. The number of imide groups is 1. The standard InChI is InChI=1S/C11H10Cl2N2O2/c1-6-4-9(16)15(11(6)17)5-7-2-3-8(12)14-10(7)13/h2-3,6H,4-5H2,1H3. The van der Waals surface area contributed by atoms with Crippen LogP contribution in [0.3, 0.4) is 0 Å². The van der Waals surface area contributed by atoms with Gasteiger partial charge in [0, 0.05) is 17.9 Å². The number of pyridine rings is 1. The van der Waals surface area contributed by atoms with E-state index >= 15 is 0 Å². The molecule has 0 aromatic carbocycles. The molecule has 2 rings (SSSR count). The van der Waals surface area contributed by atoms with Gasteiger partial charge in [-0.25, -0.2) is 4.98 Å². The van der Waals surface area contributed by atoms with Crippen LogP contribution in [0.5, 0.6) is 0 Å². The van der Waals surface area contributed by atoms with E-state index in [0.29, 0.717) is 5.56 Å². The fourth-order valence-corrected chi connectivity index (χ4v) is 2.15. The van der Waals surface area contributed by atoms with Crippen LogP contribution in [0, 0.1) is 5.92 Å². The Morgan fingerprint density at radius 3 is 2.65 bits per heavy atom.